The second-order valence-electron chi connectivity index (χ2n) is 8.00. The number of carbonyl (C=O) groups is 1. The Balaban J connectivity index is 1.67. The molecule has 10 heteroatoms. The van der Waals surface area contributed by atoms with Crippen LogP contribution in [0.1, 0.15) is 37.9 Å². The molecule has 4 rings (SSSR count). The largest absolute Gasteiger partial charge is 0.493 e. The normalized spacial score (nSPS) is 15.1. The lowest BCUT2D eigenvalue weighted by molar-refractivity contribution is -0.143. The summed E-state index contributed by atoms with van der Waals surface area (Å²) < 4.78 is 18.7. The van der Waals surface area contributed by atoms with E-state index in [9.17, 15) is 4.79 Å². The SMILES string of the molecule is COc1cc(C2C(C(=O)OC(C)C)=C(C)Nc3ncnn32)ccc1OCc1ccc(Cl)c(Cl)c1. The second kappa shape index (κ2) is 9.95. The van der Waals surface area contributed by atoms with E-state index in [0.717, 1.165) is 11.1 Å². The summed E-state index contributed by atoms with van der Waals surface area (Å²) in [7, 11) is 1.56. The average Bonchev–Trinajstić information content (AvgIpc) is 3.26. The molecule has 0 fully saturated rings. The van der Waals surface area contributed by atoms with Crippen molar-refractivity contribution in [3.05, 3.63) is 75.2 Å². The van der Waals surface area contributed by atoms with Crippen LogP contribution in [0.5, 0.6) is 11.5 Å². The third-order valence-electron chi connectivity index (χ3n) is 5.24. The van der Waals surface area contributed by atoms with Gasteiger partial charge in [0.2, 0.25) is 5.95 Å². The zero-order valence-electron chi connectivity index (χ0n) is 19.1. The van der Waals surface area contributed by atoms with Crippen molar-refractivity contribution in [2.75, 3.05) is 12.4 Å². The van der Waals surface area contributed by atoms with Crippen LogP contribution in [0.15, 0.2) is 54.0 Å². The summed E-state index contributed by atoms with van der Waals surface area (Å²) in [5.41, 5.74) is 2.72. The molecule has 178 valence electrons. The molecule has 1 atom stereocenters. The molecule has 0 saturated heterocycles. The zero-order valence-corrected chi connectivity index (χ0v) is 20.6. The number of halogens is 2. The summed E-state index contributed by atoms with van der Waals surface area (Å²) in [6, 6.07) is 10.3. The Kier molecular flexibility index (Phi) is 7.00. The quantitative estimate of drug-likeness (QED) is 0.431. The van der Waals surface area contributed by atoms with Gasteiger partial charge < -0.3 is 19.5 Å². The number of esters is 1. The number of fused-ring (bicyclic) bond motifs is 1. The molecule has 1 unspecified atom stereocenters. The molecule has 0 radical (unpaired) electrons. The monoisotopic (exact) mass is 502 g/mol. The van der Waals surface area contributed by atoms with Gasteiger partial charge >= 0.3 is 5.97 Å². The highest BCUT2D eigenvalue weighted by Gasteiger charge is 2.35. The lowest BCUT2D eigenvalue weighted by Crippen LogP contribution is -2.30. The number of carbonyl (C=O) groups excluding carboxylic acids is 1. The van der Waals surface area contributed by atoms with Crippen molar-refractivity contribution in [1.82, 2.24) is 14.8 Å². The van der Waals surface area contributed by atoms with Crippen LogP contribution >= 0.6 is 23.2 Å². The van der Waals surface area contributed by atoms with Gasteiger partial charge in [-0.25, -0.2) is 9.48 Å². The maximum Gasteiger partial charge on any atom is 0.338 e. The molecule has 1 aliphatic heterocycles. The van der Waals surface area contributed by atoms with Crippen molar-refractivity contribution in [2.45, 2.75) is 39.5 Å². The number of anilines is 1. The van der Waals surface area contributed by atoms with Gasteiger partial charge in [0.25, 0.3) is 0 Å². The highest BCUT2D eigenvalue weighted by molar-refractivity contribution is 6.42. The van der Waals surface area contributed by atoms with Gasteiger partial charge in [-0.3, -0.25) is 0 Å². The van der Waals surface area contributed by atoms with E-state index >= 15 is 0 Å². The molecule has 0 spiro atoms. The minimum Gasteiger partial charge on any atom is -0.493 e. The number of methoxy groups -OCH3 is 1. The fourth-order valence-electron chi connectivity index (χ4n) is 3.71. The Hall–Kier alpha value is -3.23. The number of hydrogen-bond acceptors (Lipinski definition) is 7. The van der Waals surface area contributed by atoms with Crippen molar-refractivity contribution in [1.29, 1.82) is 0 Å². The van der Waals surface area contributed by atoms with Gasteiger partial charge in [-0.15, -0.1) is 0 Å². The van der Waals surface area contributed by atoms with Gasteiger partial charge in [-0.2, -0.15) is 10.1 Å². The topological polar surface area (TPSA) is 87.5 Å². The fraction of sp³-hybridized carbons (Fsp3) is 0.292. The molecular formula is C24H24Cl2N4O4. The van der Waals surface area contributed by atoms with Crippen molar-refractivity contribution in [3.8, 4) is 11.5 Å². The molecule has 0 saturated carbocycles. The Bertz CT molecular complexity index is 1260. The van der Waals surface area contributed by atoms with Crippen LogP contribution in [-0.4, -0.2) is 33.9 Å². The first-order chi connectivity index (χ1) is 16.3. The molecule has 1 N–H and O–H groups in total. The van der Waals surface area contributed by atoms with E-state index in [2.05, 4.69) is 15.4 Å². The highest BCUT2D eigenvalue weighted by Crippen LogP contribution is 2.39. The van der Waals surface area contributed by atoms with Crippen LogP contribution in [0.25, 0.3) is 0 Å². The Labute approximate surface area is 207 Å². The molecule has 34 heavy (non-hydrogen) atoms. The average molecular weight is 503 g/mol. The smallest absolute Gasteiger partial charge is 0.338 e. The summed E-state index contributed by atoms with van der Waals surface area (Å²) in [5.74, 6) is 1.15. The van der Waals surface area contributed by atoms with E-state index in [1.54, 1.807) is 30.0 Å². The Morgan fingerprint density at radius 3 is 2.65 bits per heavy atom. The van der Waals surface area contributed by atoms with Crippen LogP contribution in [-0.2, 0) is 16.1 Å². The molecule has 0 aliphatic carbocycles. The van der Waals surface area contributed by atoms with Crippen molar-refractivity contribution in [3.63, 3.8) is 0 Å². The number of rotatable bonds is 7. The number of nitrogens with zero attached hydrogens (tertiary/aromatic N) is 3. The Morgan fingerprint density at radius 1 is 1.15 bits per heavy atom. The summed E-state index contributed by atoms with van der Waals surface area (Å²) in [6.07, 6.45) is 1.17. The predicted octanol–water partition coefficient (Wildman–Crippen LogP) is 5.41. The second-order valence-corrected chi connectivity index (χ2v) is 8.81. The number of allylic oxidation sites excluding steroid dienone is 1. The molecule has 0 amide bonds. The first-order valence-corrected chi connectivity index (χ1v) is 11.4. The van der Waals surface area contributed by atoms with E-state index < -0.39 is 12.0 Å². The molecular weight excluding hydrogens is 479 g/mol. The number of nitrogens with one attached hydrogen (secondary N) is 1. The first kappa shape index (κ1) is 23.9. The predicted molar refractivity (Wildman–Crippen MR) is 129 cm³/mol. The summed E-state index contributed by atoms with van der Waals surface area (Å²) in [6.45, 7) is 5.71. The van der Waals surface area contributed by atoms with Crippen LogP contribution < -0.4 is 14.8 Å². The maximum atomic E-state index is 13.0. The van der Waals surface area contributed by atoms with E-state index in [0.29, 0.717) is 38.8 Å². The minimum absolute atomic E-state index is 0.266. The number of benzene rings is 2. The molecule has 1 aliphatic rings. The van der Waals surface area contributed by atoms with Crippen molar-refractivity contribution in [2.24, 2.45) is 0 Å². The van der Waals surface area contributed by atoms with Gasteiger partial charge in [0, 0.05) is 5.70 Å². The fourth-order valence-corrected chi connectivity index (χ4v) is 4.03. The van der Waals surface area contributed by atoms with Gasteiger partial charge in [0.15, 0.2) is 11.5 Å². The third-order valence-corrected chi connectivity index (χ3v) is 5.98. The summed E-state index contributed by atoms with van der Waals surface area (Å²) in [5, 5.41) is 8.40. The maximum absolute atomic E-state index is 13.0. The van der Waals surface area contributed by atoms with Crippen LogP contribution in [0.2, 0.25) is 10.0 Å². The van der Waals surface area contributed by atoms with Crippen LogP contribution in [0.3, 0.4) is 0 Å². The minimum atomic E-state index is -0.553. The third kappa shape index (κ3) is 4.83. The van der Waals surface area contributed by atoms with Crippen LogP contribution in [0, 0.1) is 0 Å². The van der Waals surface area contributed by atoms with Gasteiger partial charge in [-0.05, 0) is 56.2 Å². The van der Waals surface area contributed by atoms with E-state index in [-0.39, 0.29) is 12.7 Å². The molecule has 3 aromatic rings. The van der Waals surface area contributed by atoms with E-state index in [1.807, 2.05) is 39.0 Å². The van der Waals surface area contributed by atoms with E-state index in [1.165, 1.54) is 6.33 Å². The Morgan fingerprint density at radius 2 is 1.94 bits per heavy atom. The summed E-state index contributed by atoms with van der Waals surface area (Å²) in [4.78, 5) is 17.3. The highest BCUT2D eigenvalue weighted by atomic mass is 35.5. The number of aromatic nitrogens is 3. The zero-order chi connectivity index (χ0) is 24.4. The standard InChI is InChI=1S/C24H24Cl2N4O4/c1-13(2)34-23(31)21-14(3)29-24-27-12-28-30(24)22(21)16-6-8-19(20(10-16)32-4)33-11-15-5-7-17(25)18(26)9-15/h5-10,12-13,22H,11H2,1-4H3,(H,27,28,29). The summed E-state index contributed by atoms with van der Waals surface area (Å²) >= 11 is 12.1. The molecule has 0 bridgehead atoms. The lowest BCUT2D eigenvalue weighted by Gasteiger charge is -2.29. The van der Waals surface area contributed by atoms with Crippen molar-refractivity contribution >= 4 is 35.1 Å². The number of hydrogen-bond donors (Lipinski definition) is 1. The van der Waals surface area contributed by atoms with Gasteiger partial charge in [0.05, 0.1) is 28.8 Å². The van der Waals surface area contributed by atoms with Gasteiger partial charge in [0.1, 0.15) is 19.0 Å². The van der Waals surface area contributed by atoms with E-state index in [4.69, 9.17) is 37.4 Å². The molecule has 2 heterocycles. The molecule has 1 aromatic heterocycles. The molecule has 2 aromatic carbocycles. The van der Waals surface area contributed by atoms with Crippen LogP contribution in [0.4, 0.5) is 5.95 Å². The molecule has 8 nitrogen and oxygen atoms in total. The first-order valence-electron chi connectivity index (χ1n) is 10.6. The number of ether oxygens (including phenoxy) is 3. The van der Waals surface area contributed by atoms with Gasteiger partial charge in [-0.1, -0.05) is 35.3 Å². The van der Waals surface area contributed by atoms with Crippen molar-refractivity contribution < 1.29 is 19.0 Å². The lowest BCUT2D eigenvalue weighted by atomic mass is 9.95.